The number of nitrogens with zero attached hydrogens (tertiary/aromatic N) is 2. The molecule has 1 aromatic rings. The van der Waals surface area contributed by atoms with Crippen molar-refractivity contribution in [3.05, 3.63) is 16.6 Å². The predicted octanol–water partition coefficient (Wildman–Crippen LogP) is 1.81. The monoisotopic (exact) mass is 253 g/mol. The summed E-state index contributed by atoms with van der Waals surface area (Å²) in [7, 11) is 0. The molecule has 1 saturated heterocycles. The fraction of sp³-hybridized carbons (Fsp3) is 0.667. The van der Waals surface area contributed by atoms with Gasteiger partial charge in [-0.1, -0.05) is 0 Å². The van der Waals surface area contributed by atoms with Gasteiger partial charge in [-0.2, -0.15) is 0 Å². The minimum absolute atomic E-state index is 0.284. The molecule has 1 aromatic heterocycles. The molecule has 1 N–H and O–H groups in total. The van der Waals surface area contributed by atoms with E-state index < -0.39 is 0 Å². The van der Waals surface area contributed by atoms with E-state index in [1.807, 2.05) is 16.6 Å². The Morgan fingerprint density at radius 2 is 2.35 bits per heavy atom. The molecule has 0 radical (unpaired) electrons. The molecule has 5 heteroatoms. The number of carbonyl (C=O) groups is 1. The number of likely N-dealkylation sites (tertiary alicyclic amines) is 1. The summed E-state index contributed by atoms with van der Waals surface area (Å²) in [5, 5.41) is 3.36. The van der Waals surface area contributed by atoms with Crippen molar-refractivity contribution in [2.75, 3.05) is 19.6 Å². The molecule has 1 amide bonds. The Morgan fingerprint density at radius 1 is 1.59 bits per heavy atom. The summed E-state index contributed by atoms with van der Waals surface area (Å²) in [6, 6.07) is 0.286. The van der Waals surface area contributed by atoms with E-state index in [2.05, 4.69) is 17.2 Å². The van der Waals surface area contributed by atoms with Crippen LogP contribution in [-0.4, -0.2) is 35.4 Å². The third-order valence-electron chi connectivity index (χ3n) is 3.13. The predicted molar refractivity (Wildman–Crippen MR) is 69.0 cm³/mol. The third-order valence-corrected chi connectivity index (χ3v) is 4.08. The van der Waals surface area contributed by atoms with Gasteiger partial charge in [0.05, 0.1) is 5.51 Å². The topological polar surface area (TPSA) is 45.2 Å². The van der Waals surface area contributed by atoms with Gasteiger partial charge in [-0.25, -0.2) is 0 Å². The van der Waals surface area contributed by atoms with E-state index >= 15 is 0 Å². The second-order valence-corrected chi connectivity index (χ2v) is 5.34. The number of hydrogen-bond donors (Lipinski definition) is 1. The van der Waals surface area contributed by atoms with Crippen LogP contribution >= 0.6 is 11.3 Å². The molecule has 1 atom stereocenters. The molecule has 0 aromatic carbocycles. The number of hydrogen-bond acceptors (Lipinski definition) is 4. The number of amides is 1. The van der Waals surface area contributed by atoms with E-state index in [0.29, 0.717) is 6.42 Å². The van der Waals surface area contributed by atoms with E-state index in [9.17, 15) is 4.79 Å². The Balaban J connectivity index is 1.67. The molecule has 1 aliphatic rings. The Hall–Kier alpha value is -0.940. The van der Waals surface area contributed by atoms with Crippen molar-refractivity contribution >= 4 is 17.2 Å². The van der Waals surface area contributed by atoms with Gasteiger partial charge in [0.2, 0.25) is 5.91 Å². The molecular weight excluding hydrogens is 234 g/mol. The van der Waals surface area contributed by atoms with E-state index in [1.165, 1.54) is 4.88 Å². The smallest absolute Gasteiger partial charge is 0.223 e. The Morgan fingerprint density at radius 3 is 3.00 bits per heavy atom. The first-order valence-corrected chi connectivity index (χ1v) is 7.05. The molecule has 2 rings (SSSR count). The highest BCUT2D eigenvalue weighted by molar-refractivity contribution is 7.09. The van der Waals surface area contributed by atoms with Crippen LogP contribution < -0.4 is 5.32 Å². The van der Waals surface area contributed by atoms with Crippen molar-refractivity contribution in [2.24, 2.45) is 0 Å². The summed E-state index contributed by atoms with van der Waals surface area (Å²) in [5.41, 5.74) is 1.84. The number of aromatic nitrogens is 1. The Bertz CT molecular complexity index is 347. The molecule has 0 spiro atoms. The standard InChI is InChI=1S/C12H19N3OS/c1-10(11-8-13-9-17-11)14-5-4-12(16)15-6-2-3-7-15/h8-10,14H,2-7H2,1H3. The highest BCUT2D eigenvalue weighted by atomic mass is 32.1. The van der Waals surface area contributed by atoms with Crippen LogP contribution in [0, 0.1) is 0 Å². The van der Waals surface area contributed by atoms with E-state index in [1.54, 1.807) is 11.3 Å². The number of thiazole rings is 1. The van der Waals surface area contributed by atoms with Gasteiger partial charge >= 0.3 is 0 Å². The van der Waals surface area contributed by atoms with Crippen LogP contribution in [0.25, 0.3) is 0 Å². The molecule has 0 aliphatic carbocycles. The van der Waals surface area contributed by atoms with Crippen LogP contribution in [0.3, 0.4) is 0 Å². The van der Waals surface area contributed by atoms with E-state index in [-0.39, 0.29) is 11.9 Å². The summed E-state index contributed by atoms with van der Waals surface area (Å²) < 4.78 is 0. The molecule has 1 fully saturated rings. The summed E-state index contributed by atoms with van der Waals surface area (Å²) >= 11 is 1.65. The van der Waals surface area contributed by atoms with Crippen molar-refractivity contribution in [1.29, 1.82) is 0 Å². The van der Waals surface area contributed by atoms with Crippen LogP contribution in [0.15, 0.2) is 11.7 Å². The van der Waals surface area contributed by atoms with Gasteiger partial charge in [0, 0.05) is 43.2 Å². The second-order valence-electron chi connectivity index (χ2n) is 4.42. The lowest BCUT2D eigenvalue weighted by Gasteiger charge is -2.16. The summed E-state index contributed by atoms with van der Waals surface area (Å²) in [4.78, 5) is 19.0. The number of carbonyl (C=O) groups excluding carboxylic acids is 1. The Labute approximate surface area is 106 Å². The average molecular weight is 253 g/mol. The maximum atomic E-state index is 11.8. The van der Waals surface area contributed by atoms with Gasteiger partial charge in [-0.05, 0) is 19.8 Å². The lowest BCUT2D eigenvalue weighted by Crippen LogP contribution is -2.31. The number of rotatable bonds is 5. The zero-order valence-corrected chi connectivity index (χ0v) is 11.0. The molecule has 1 aliphatic heterocycles. The minimum Gasteiger partial charge on any atom is -0.343 e. The van der Waals surface area contributed by atoms with Crippen LogP contribution in [0.2, 0.25) is 0 Å². The fourth-order valence-corrected chi connectivity index (χ4v) is 2.71. The third kappa shape index (κ3) is 3.51. The number of nitrogens with one attached hydrogen (secondary N) is 1. The first-order valence-electron chi connectivity index (χ1n) is 6.17. The average Bonchev–Trinajstić information content (AvgIpc) is 3.02. The van der Waals surface area contributed by atoms with Gasteiger partial charge < -0.3 is 10.2 Å². The maximum Gasteiger partial charge on any atom is 0.223 e. The summed E-state index contributed by atoms with van der Waals surface area (Å²) in [6.45, 7) is 4.74. The maximum absolute atomic E-state index is 11.8. The fourth-order valence-electron chi connectivity index (χ4n) is 2.06. The normalized spacial score (nSPS) is 17.4. The van der Waals surface area contributed by atoms with Crippen molar-refractivity contribution in [3.63, 3.8) is 0 Å². The molecule has 94 valence electrons. The van der Waals surface area contributed by atoms with Crippen molar-refractivity contribution in [1.82, 2.24) is 15.2 Å². The van der Waals surface area contributed by atoms with Crippen LogP contribution in [0.1, 0.15) is 37.1 Å². The molecule has 17 heavy (non-hydrogen) atoms. The first-order chi connectivity index (χ1) is 8.27. The zero-order chi connectivity index (χ0) is 12.1. The quantitative estimate of drug-likeness (QED) is 0.870. The van der Waals surface area contributed by atoms with Gasteiger partial charge in [-0.15, -0.1) is 11.3 Å². The Kier molecular flexibility index (Phi) is 4.50. The second kappa shape index (κ2) is 6.12. The lowest BCUT2D eigenvalue weighted by atomic mass is 10.3. The molecule has 1 unspecified atom stereocenters. The van der Waals surface area contributed by atoms with Crippen LogP contribution in [0.4, 0.5) is 0 Å². The highest BCUT2D eigenvalue weighted by Gasteiger charge is 2.17. The molecule has 0 bridgehead atoms. The summed E-state index contributed by atoms with van der Waals surface area (Å²) in [5.74, 6) is 0.284. The highest BCUT2D eigenvalue weighted by Crippen LogP contribution is 2.16. The molecule has 4 nitrogen and oxygen atoms in total. The van der Waals surface area contributed by atoms with Gasteiger partial charge in [0.25, 0.3) is 0 Å². The van der Waals surface area contributed by atoms with Gasteiger partial charge in [0.1, 0.15) is 0 Å². The zero-order valence-electron chi connectivity index (χ0n) is 10.2. The molecule has 0 saturated carbocycles. The van der Waals surface area contributed by atoms with Crippen molar-refractivity contribution < 1.29 is 4.79 Å². The molecule has 2 heterocycles. The minimum atomic E-state index is 0.284. The van der Waals surface area contributed by atoms with Gasteiger partial charge in [-0.3, -0.25) is 9.78 Å². The first kappa shape index (κ1) is 12.5. The largest absolute Gasteiger partial charge is 0.343 e. The van der Waals surface area contributed by atoms with E-state index in [4.69, 9.17) is 0 Å². The lowest BCUT2D eigenvalue weighted by molar-refractivity contribution is -0.130. The van der Waals surface area contributed by atoms with Crippen molar-refractivity contribution in [2.45, 2.75) is 32.2 Å². The van der Waals surface area contributed by atoms with E-state index in [0.717, 1.165) is 32.5 Å². The van der Waals surface area contributed by atoms with Gasteiger partial charge in [0.15, 0.2) is 0 Å². The van der Waals surface area contributed by atoms with Crippen LogP contribution in [0.5, 0.6) is 0 Å². The SMILES string of the molecule is CC(NCCC(=O)N1CCCC1)c1cncs1. The van der Waals surface area contributed by atoms with Crippen LogP contribution in [-0.2, 0) is 4.79 Å². The molecular formula is C12H19N3OS. The summed E-state index contributed by atoms with van der Waals surface area (Å²) in [6.07, 6.45) is 4.81. The van der Waals surface area contributed by atoms with Crippen molar-refractivity contribution in [3.8, 4) is 0 Å².